The van der Waals surface area contributed by atoms with Crippen LogP contribution in [0.1, 0.15) is 45.2 Å². The number of benzene rings is 1. The molecular weight excluding hydrogens is 318 g/mol. The van der Waals surface area contributed by atoms with E-state index in [-0.39, 0.29) is 36.3 Å². The quantitative estimate of drug-likeness (QED) is 0.764. The van der Waals surface area contributed by atoms with Crippen LogP contribution in [-0.4, -0.2) is 24.0 Å². The summed E-state index contributed by atoms with van der Waals surface area (Å²) in [6.45, 7) is 5.60. The molecule has 1 aliphatic heterocycles. The van der Waals surface area contributed by atoms with Crippen LogP contribution >= 0.6 is 12.4 Å². The van der Waals surface area contributed by atoms with E-state index in [0.29, 0.717) is 24.3 Å². The van der Waals surface area contributed by atoms with Gasteiger partial charge in [0.1, 0.15) is 5.75 Å². The Labute approximate surface area is 142 Å². The summed E-state index contributed by atoms with van der Waals surface area (Å²) in [5.41, 5.74) is 7.20. The monoisotopic (exact) mass is 341 g/mol. The van der Waals surface area contributed by atoms with Crippen molar-refractivity contribution in [1.29, 1.82) is 0 Å². The van der Waals surface area contributed by atoms with Gasteiger partial charge in [-0.1, -0.05) is 13.0 Å². The highest BCUT2D eigenvalue weighted by molar-refractivity contribution is 5.97. The Kier molecular flexibility index (Phi) is 6.84. The van der Waals surface area contributed by atoms with Crippen LogP contribution in [0.15, 0.2) is 18.2 Å². The predicted molar refractivity (Wildman–Crippen MR) is 91.9 cm³/mol. The molecule has 0 bridgehead atoms. The standard InChI is InChI=1S/C16H23N3O3.ClH/c1-4-13-16(21)19-12-6-5-11(8-14(12)22-13)10(3)18-15(20)7-9(2)17;/h5-6,8-10,13H,4,7,17H2,1-3H3,(H,18,20)(H,19,21);1H. The Morgan fingerprint density at radius 2 is 2.13 bits per heavy atom. The van der Waals surface area contributed by atoms with E-state index in [9.17, 15) is 9.59 Å². The number of amides is 2. The molecule has 1 aromatic carbocycles. The molecule has 2 rings (SSSR count). The predicted octanol–water partition coefficient (Wildman–Crippen LogP) is 2.13. The van der Waals surface area contributed by atoms with Crippen LogP contribution in [0.5, 0.6) is 5.75 Å². The van der Waals surface area contributed by atoms with Crippen LogP contribution in [0.2, 0.25) is 0 Å². The van der Waals surface area contributed by atoms with Gasteiger partial charge in [0.2, 0.25) is 5.91 Å². The maximum absolute atomic E-state index is 11.8. The maximum Gasteiger partial charge on any atom is 0.265 e. The van der Waals surface area contributed by atoms with E-state index in [1.165, 1.54) is 0 Å². The fraction of sp³-hybridized carbons (Fsp3) is 0.500. The molecule has 128 valence electrons. The van der Waals surface area contributed by atoms with Gasteiger partial charge in [-0.25, -0.2) is 0 Å². The minimum atomic E-state index is -0.467. The zero-order chi connectivity index (χ0) is 16.3. The Bertz CT molecular complexity index is 578. The Balaban J connectivity index is 0.00000264. The van der Waals surface area contributed by atoms with Gasteiger partial charge in [0, 0.05) is 12.5 Å². The highest BCUT2D eigenvalue weighted by atomic mass is 35.5. The lowest BCUT2D eigenvalue weighted by atomic mass is 10.1. The fourth-order valence-electron chi connectivity index (χ4n) is 2.37. The number of nitrogens with one attached hydrogen (secondary N) is 2. The summed E-state index contributed by atoms with van der Waals surface area (Å²) in [5, 5.41) is 5.73. The number of rotatable bonds is 5. The summed E-state index contributed by atoms with van der Waals surface area (Å²) < 4.78 is 5.71. The minimum absolute atomic E-state index is 0. The number of carbonyl (C=O) groups is 2. The molecule has 7 heteroatoms. The summed E-state index contributed by atoms with van der Waals surface area (Å²) in [5.74, 6) is 0.430. The summed E-state index contributed by atoms with van der Waals surface area (Å²) >= 11 is 0. The van der Waals surface area contributed by atoms with Crippen LogP contribution in [0, 0.1) is 0 Å². The van der Waals surface area contributed by atoms with Crippen molar-refractivity contribution >= 4 is 29.9 Å². The van der Waals surface area contributed by atoms with Gasteiger partial charge in [-0.2, -0.15) is 0 Å². The number of halogens is 1. The molecule has 3 atom stereocenters. The van der Waals surface area contributed by atoms with Crippen molar-refractivity contribution in [3.8, 4) is 5.75 Å². The Morgan fingerprint density at radius 3 is 2.74 bits per heavy atom. The second-order valence-electron chi connectivity index (χ2n) is 5.73. The first-order chi connectivity index (χ1) is 10.4. The number of ether oxygens (including phenoxy) is 1. The topological polar surface area (TPSA) is 93.4 Å². The second-order valence-corrected chi connectivity index (χ2v) is 5.73. The van der Waals surface area contributed by atoms with Crippen molar-refractivity contribution in [2.75, 3.05) is 5.32 Å². The van der Waals surface area contributed by atoms with Gasteiger partial charge < -0.3 is 21.1 Å². The highest BCUT2D eigenvalue weighted by Crippen LogP contribution is 2.32. The molecule has 0 aliphatic carbocycles. The van der Waals surface area contributed by atoms with Gasteiger partial charge in [0.15, 0.2) is 6.10 Å². The third kappa shape index (κ3) is 4.84. The molecule has 0 radical (unpaired) electrons. The van der Waals surface area contributed by atoms with Gasteiger partial charge in [0.25, 0.3) is 5.91 Å². The SMILES string of the molecule is CCC1Oc2cc(C(C)NC(=O)CC(C)N)ccc2NC1=O.Cl. The van der Waals surface area contributed by atoms with E-state index in [1.807, 2.05) is 26.0 Å². The number of anilines is 1. The molecule has 1 heterocycles. The van der Waals surface area contributed by atoms with Crippen molar-refractivity contribution < 1.29 is 14.3 Å². The smallest absolute Gasteiger partial charge is 0.265 e. The normalized spacial score (nSPS) is 18.6. The van der Waals surface area contributed by atoms with Gasteiger partial charge >= 0.3 is 0 Å². The number of nitrogens with two attached hydrogens (primary N) is 1. The summed E-state index contributed by atoms with van der Waals surface area (Å²) in [4.78, 5) is 23.5. The molecular formula is C16H24ClN3O3. The van der Waals surface area contributed by atoms with E-state index in [4.69, 9.17) is 10.5 Å². The number of hydrogen-bond donors (Lipinski definition) is 3. The van der Waals surface area contributed by atoms with Crippen LogP contribution in [0.3, 0.4) is 0 Å². The number of hydrogen-bond acceptors (Lipinski definition) is 4. The average Bonchev–Trinajstić information content (AvgIpc) is 2.44. The zero-order valence-electron chi connectivity index (χ0n) is 13.6. The van der Waals surface area contributed by atoms with E-state index < -0.39 is 6.10 Å². The molecule has 6 nitrogen and oxygen atoms in total. The molecule has 0 aromatic heterocycles. The molecule has 3 unspecified atom stereocenters. The first kappa shape index (κ1) is 19.3. The number of carbonyl (C=O) groups excluding carboxylic acids is 2. The molecule has 1 aliphatic rings. The third-order valence-electron chi connectivity index (χ3n) is 3.58. The third-order valence-corrected chi connectivity index (χ3v) is 3.58. The van der Waals surface area contributed by atoms with Crippen molar-refractivity contribution in [3.05, 3.63) is 23.8 Å². The molecule has 0 saturated heterocycles. The first-order valence-electron chi connectivity index (χ1n) is 7.57. The van der Waals surface area contributed by atoms with E-state index >= 15 is 0 Å². The zero-order valence-corrected chi connectivity index (χ0v) is 14.4. The highest BCUT2D eigenvalue weighted by Gasteiger charge is 2.26. The lowest BCUT2D eigenvalue weighted by molar-refractivity contribution is -0.123. The summed E-state index contributed by atoms with van der Waals surface area (Å²) in [7, 11) is 0. The van der Waals surface area contributed by atoms with Crippen molar-refractivity contribution in [2.24, 2.45) is 5.73 Å². The minimum Gasteiger partial charge on any atom is -0.478 e. The lowest BCUT2D eigenvalue weighted by Crippen LogP contribution is -2.36. The largest absolute Gasteiger partial charge is 0.478 e. The van der Waals surface area contributed by atoms with Crippen LogP contribution < -0.4 is 21.1 Å². The fourth-order valence-corrected chi connectivity index (χ4v) is 2.37. The molecule has 4 N–H and O–H groups in total. The molecule has 0 spiro atoms. The Hall–Kier alpha value is -1.79. The summed E-state index contributed by atoms with van der Waals surface area (Å²) in [6, 6.07) is 5.19. The maximum atomic E-state index is 11.8. The summed E-state index contributed by atoms with van der Waals surface area (Å²) in [6.07, 6.45) is 0.432. The lowest BCUT2D eigenvalue weighted by Gasteiger charge is -2.26. The van der Waals surface area contributed by atoms with Crippen molar-refractivity contribution in [1.82, 2.24) is 5.32 Å². The molecule has 2 amide bonds. The van der Waals surface area contributed by atoms with Crippen LogP contribution in [-0.2, 0) is 9.59 Å². The van der Waals surface area contributed by atoms with Crippen molar-refractivity contribution in [2.45, 2.75) is 51.8 Å². The van der Waals surface area contributed by atoms with Crippen molar-refractivity contribution in [3.63, 3.8) is 0 Å². The molecule has 0 saturated carbocycles. The van der Waals surface area contributed by atoms with Gasteiger partial charge in [0.05, 0.1) is 11.7 Å². The van der Waals surface area contributed by atoms with Gasteiger partial charge in [-0.05, 0) is 38.0 Å². The van der Waals surface area contributed by atoms with Gasteiger partial charge in [-0.15, -0.1) is 12.4 Å². The van der Waals surface area contributed by atoms with Crippen LogP contribution in [0.4, 0.5) is 5.69 Å². The van der Waals surface area contributed by atoms with E-state index in [2.05, 4.69) is 10.6 Å². The van der Waals surface area contributed by atoms with Gasteiger partial charge in [-0.3, -0.25) is 9.59 Å². The van der Waals surface area contributed by atoms with Crippen LogP contribution in [0.25, 0.3) is 0 Å². The Morgan fingerprint density at radius 1 is 1.43 bits per heavy atom. The molecule has 1 aromatic rings. The molecule has 23 heavy (non-hydrogen) atoms. The average molecular weight is 342 g/mol. The van der Waals surface area contributed by atoms with E-state index in [1.54, 1.807) is 13.0 Å². The molecule has 0 fully saturated rings. The number of fused-ring (bicyclic) bond motifs is 1. The van der Waals surface area contributed by atoms with E-state index in [0.717, 1.165) is 5.56 Å². The second kappa shape index (κ2) is 8.17. The first-order valence-corrected chi connectivity index (χ1v) is 7.57.